The number of carbonyl (C=O) groups is 1. The third-order valence-electron chi connectivity index (χ3n) is 1.34. The molecule has 2 amide bonds. The maximum Gasteiger partial charge on any atom is 0.317 e. The van der Waals surface area contributed by atoms with Gasteiger partial charge in [0.2, 0.25) is 0 Å². The lowest BCUT2D eigenvalue weighted by atomic mass is 10.4. The van der Waals surface area contributed by atoms with Gasteiger partial charge in [0.05, 0.1) is 6.54 Å². The van der Waals surface area contributed by atoms with E-state index in [4.69, 9.17) is 5.73 Å². The number of urea groups is 1. The number of carbonyl (C=O) groups excluding carboxylic acids is 1. The molecular weight excluding hydrogens is 130 g/mol. The van der Waals surface area contributed by atoms with Gasteiger partial charge >= 0.3 is 6.03 Å². The molecule has 1 aliphatic rings. The minimum absolute atomic E-state index is 0.0494. The van der Waals surface area contributed by atoms with E-state index in [1.807, 2.05) is 0 Å². The first-order valence-corrected chi connectivity index (χ1v) is 3.16. The molecular formula is C6H11N3O. The van der Waals surface area contributed by atoms with Crippen molar-refractivity contribution < 1.29 is 4.79 Å². The first-order chi connectivity index (χ1) is 4.70. The van der Waals surface area contributed by atoms with Crippen molar-refractivity contribution in [3.8, 4) is 0 Å². The summed E-state index contributed by atoms with van der Waals surface area (Å²) in [6.07, 6.45) is 0. The summed E-state index contributed by atoms with van der Waals surface area (Å²) < 4.78 is 0. The topological polar surface area (TPSA) is 58.4 Å². The Morgan fingerprint density at radius 2 is 2.60 bits per heavy atom. The Kier molecular flexibility index (Phi) is 1.80. The normalized spacial score (nSPS) is 17.2. The van der Waals surface area contributed by atoms with Crippen molar-refractivity contribution in [2.45, 2.75) is 0 Å². The summed E-state index contributed by atoms with van der Waals surface area (Å²) in [5.74, 6) is 0. The second kappa shape index (κ2) is 2.60. The van der Waals surface area contributed by atoms with E-state index in [0.29, 0.717) is 18.8 Å². The van der Waals surface area contributed by atoms with Gasteiger partial charge in [-0.1, -0.05) is 6.58 Å². The van der Waals surface area contributed by atoms with Gasteiger partial charge in [0.25, 0.3) is 0 Å². The maximum absolute atomic E-state index is 10.8. The van der Waals surface area contributed by atoms with Crippen LogP contribution in [0, 0.1) is 0 Å². The molecule has 0 bridgehead atoms. The summed E-state index contributed by atoms with van der Waals surface area (Å²) in [6, 6.07) is -0.0494. The molecule has 0 aromatic carbocycles. The Balaban J connectivity index is 2.40. The fourth-order valence-electron chi connectivity index (χ4n) is 0.907. The third-order valence-corrected chi connectivity index (χ3v) is 1.34. The van der Waals surface area contributed by atoms with Gasteiger partial charge in [-0.2, -0.15) is 0 Å². The minimum Gasteiger partial charge on any atom is -0.401 e. The van der Waals surface area contributed by atoms with E-state index < -0.39 is 0 Å². The van der Waals surface area contributed by atoms with E-state index in [1.54, 1.807) is 4.90 Å². The number of hydrogen-bond donors (Lipinski definition) is 2. The molecule has 0 atom stereocenters. The molecule has 1 rings (SSSR count). The molecule has 0 spiro atoms. The number of nitrogens with two attached hydrogens (primary N) is 1. The zero-order valence-corrected chi connectivity index (χ0v) is 5.76. The molecule has 4 heteroatoms. The highest BCUT2D eigenvalue weighted by Crippen LogP contribution is 1.97. The molecule has 0 saturated carbocycles. The van der Waals surface area contributed by atoms with Gasteiger partial charge < -0.3 is 16.0 Å². The molecule has 1 saturated heterocycles. The van der Waals surface area contributed by atoms with Gasteiger partial charge in [-0.3, -0.25) is 0 Å². The lowest BCUT2D eigenvalue weighted by Gasteiger charge is -2.12. The zero-order valence-electron chi connectivity index (χ0n) is 5.76. The van der Waals surface area contributed by atoms with Gasteiger partial charge in [-0.15, -0.1) is 0 Å². The first-order valence-electron chi connectivity index (χ1n) is 3.16. The van der Waals surface area contributed by atoms with Gasteiger partial charge in [0.1, 0.15) is 0 Å². The fourth-order valence-corrected chi connectivity index (χ4v) is 0.907. The Morgan fingerprint density at radius 3 is 3.00 bits per heavy atom. The average Bonchev–Trinajstić information content (AvgIpc) is 2.15. The lowest BCUT2D eigenvalue weighted by molar-refractivity contribution is 0.221. The molecule has 0 aromatic heterocycles. The first kappa shape index (κ1) is 6.92. The zero-order chi connectivity index (χ0) is 7.56. The standard InChI is InChI=1S/C6H11N3O/c1-5(7)4-9-3-2-8-6(9)10/h1-4,7H2,(H,8,10). The molecule has 1 aliphatic heterocycles. The molecule has 0 radical (unpaired) electrons. The highest BCUT2D eigenvalue weighted by atomic mass is 16.2. The van der Waals surface area contributed by atoms with Gasteiger partial charge in [-0.05, 0) is 0 Å². The predicted molar refractivity (Wildman–Crippen MR) is 38.3 cm³/mol. The molecule has 10 heavy (non-hydrogen) atoms. The number of nitrogens with one attached hydrogen (secondary N) is 1. The summed E-state index contributed by atoms with van der Waals surface area (Å²) in [5, 5.41) is 2.67. The fraction of sp³-hybridized carbons (Fsp3) is 0.500. The second-order valence-electron chi connectivity index (χ2n) is 2.31. The van der Waals surface area contributed by atoms with E-state index >= 15 is 0 Å². The van der Waals surface area contributed by atoms with Crippen LogP contribution in [0.2, 0.25) is 0 Å². The SMILES string of the molecule is C=C(N)CN1CCNC1=O. The van der Waals surface area contributed by atoms with Gasteiger partial charge in [-0.25, -0.2) is 4.79 Å². The Bertz CT molecular complexity index is 166. The van der Waals surface area contributed by atoms with E-state index in [-0.39, 0.29) is 6.03 Å². The molecule has 0 unspecified atom stereocenters. The Morgan fingerprint density at radius 1 is 1.90 bits per heavy atom. The Hall–Kier alpha value is -1.19. The largest absolute Gasteiger partial charge is 0.401 e. The third kappa shape index (κ3) is 1.40. The smallest absolute Gasteiger partial charge is 0.317 e. The van der Waals surface area contributed by atoms with E-state index in [0.717, 1.165) is 6.54 Å². The summed E-state index contributed by atoms with van der Waals surface area (Å²) >= 11 is 0. The van der Waals surface area contributed by atoms with Crippen molar-refractivity contribution in [2.75, 3.05) is 19.6 Å². The summed E-state index contributed by atoms with van der Waals surface area (Å²) in [4.78, 5) is 12.5. The summed E-state index contributed by atoms with van der Waals surface area (Å²) in [5.41, 5.74) is 5.84. The highest BCUT2D eigenvalue weighted by molar-refractivity contribution is 5.76. The quantitative estimate of drug-likeness (QED) is 0.544. The van der Waals surface area contributed by atoms with E-state index in [2.05, 4.69) is 11.9 Å². The number of rotatable bonds is 2. The van der Waals surface area contributed by atoms with Crippen LogP contribution < -0.4 is 11.1 Å². The molecule has 1 heterocycles. The average molecular weight is 141 g/mol. The van der Waals surface area contributed by atoms with Crippen LogP contribution in [0.5, 0.6) is 0 Å². The van der Waals surface area contributed by atoms with Crippen LogP contribution in [-0.4, -0.2) is 30.6 Å². The van der Waals surface area contributed by atoms with Gasteiger partial charge in [0.15, 0.2) is 0 Å². The Labute approximate surface area is 59.7 Å². The van der Waals surface area contributed by atoms with Crippen LogP contribution in [0.1, 0.15) is 0 Å². The van der Waals surface area contributed by atoms with Crippen molar-refractivity contribution in [2.24, 2.45) is 5.73 Å². The lowest BCUT2D eigenvalue weighted by Crippen LogP contribution is -2.31. The minimum atomic E-state index is -0.0494. The maximum atomic E-state index is 10.8. The monoisotopic (exact) mass is 141 g/mol. The second-order valence-corrected chi connectivity index (χ2v) is 2.31. The van der Waals surface area contributed by atoms with Crippen LogP contribution in [0.15, 0.2) is 12.3 Å². The number of amides is 2. The molecule has 3 N–H and O–H groups in total. The van der Waals surface area contributed by atoms with Crippen LogP contribution in [-0.2, 0) is 0 Å². The molecule has 1 fully saturated rings. The van der Waals surface area contributed by atoms with Crippen LogP contribution in [0.25, 0.3) is 0 Å². The summed E-state index contributed by atoms with van der Waals surface area (Å²) in [7, 11) is 0. The van der Waals surface area contributed by atoms with E-state index in [1.165, 1.54) is 0 Å². The number of nitrogens with zero attached hydrogens (tertiary/aromatic N) is 1. The van der Waals surface area contributed by atoms with Gasteiger partial charge in [0, 0.05) is 18.8 Å². The van der Waals surface area contributed by atoms with Crippen molar-refractivity contribution in [3.05, 3.63) is 12.3 Å². The number of hydrogen-bond acceptors (Lipinski definition) is 2. The van der Waals surface area contributed by atoms with Crippen LogP contribution in [0.4, 0.5) is 4.79 Å². The van der Waals surface area contributed by atoms with Crippen LogP contribution >= 0.6 is 0 Å². The van der Waals surface area contributed by atoms with Crippen molar-refractivity contribution in [1.29, 1.82) is 0 Å². The van der Waals surface area contributed by atoms with Crippen LogP contribution in [0.3, 0.4) is 0 Å². The predicted octanol–water partition coefficient (Wildman–Crippen LogP) is -0.516. The van der Waals surface area contributed by atoms with Crippen molar-refractivity contribution in [1.82, 2.24) is 10.2 Å². The van der Waals surface area contributed by atoms with E-state index in [9.17, 15) is 4.79 Å². The molecule has 4 nitrogen and oxygen atoms in total. The summed E-state index contributed by atoms with van der Waals surface area (Å²) in [6.45, 7) is 5.42. The molecule has 56 valence electrons. The highest BCUT2D eigenvalue weighted by Gasteiger charge is 2.18. The van der Waals surface area contributed by atoms with Crippen molar-refractivity contribution >= 4 is 6.03 Å². The molecule has 0 aliphatic carbocycles. The van der Waals surface area contributed by atoms with Crippen molar-refractivity contribution in [3.63, 3.8) is 0 Å². The molecule has 0 aromatic rings.